The number of nitrogens with zero attached hydrogens (tertiary/aromatic N) is 2. The maximum Gasteiger partial charge on any atom is 0.0444 e. The van der Waals surface area contributed by atoms with E-state index in [1.165, 1.54) is 57.4 Å². The lowest BCUT2D eigenvalue weighted by molar-refractivity contribution is 0.0833. The number of pyridine rings is 1. The standard InChI is InChI=1S/C17H26N2/c1-14(17-8-4-5-10-18-17)12-19-11-9-15-6-2-3-7-16(15)13-19/h4-5,8,10,14-16H,2-3,6-7,9,11-13H2,1H3. The summed E-state index contributed by atoms with van der Waals surface area (Å²) >= 11 is 0. The van der Waals surface area contributed by atoms with E-state index in [9.17, 15) is 0 Å². The monoisotopic (exact) mass is 258 g/mol. The van der Waals surface area contributed by atoms with E-state index in [1.807, 2.05) is 12.3 Å². The van der Waals surface area contributed by atoms with Crippen LogP contribution in [-0.4, -0.2) is 29.5 Å². The van der Waals surface area contributed by atoms with Crippen LogP contribution in [0.25, 0.3) is 0 Å². The average molecular weight is 258 g/mol. The Morgan fingerprint density at radius 1 is 1.21 bits per heavy atom. The third kappa shape index (κ3) is 3.17. The molecule has 0 N–H and O–H groups in total. The van der Waals surface area contributed by atoms with Gasteiger partial charge in [0.15, 0.2) is 0 Å². The van der Waals surface area contributed by atoms with Gasteiger partial charge in [0.2, 0.25) is 0 Å². The largest absolute Gasteiger partial charge is 0.302 e. The Kier molecular flexibility index (Phi) is 4.17. The number of piperidine rings is 1. The van der Waals surface area contributed by atoms with Crippen LogP contribution in [0, 0.1) is 11.8 Å². The molecule has 0 amide bonds. The van der Waals surface area contributed by atoms with Gasteiger partial charge in [0.25, 0.3) is 0 Å². The zero-order chi connectivity index (χ0) is 13.1. The molecular weight excluding hydrogens is 232 g/mol. The molecule has 1 aliphatic heterocycles. The van der Waals surface area contributed by atoms with Crippen LogP contribution in [0.15, 0.2) is 24.4 Å². The third-order valence-corrected chi connectivity index (χ3v) is 5.10. The van der Waals surface area contributed by atoms with Gasteiger partial charge in [-0.3, -0.25) is 4.98 Å². The fourth-order valence-electron chi connectivity index (χ4n) is 3.99. The minimum absolute atomic E-state index is 0.557. The second kappa shape index (κ2) is 6.04. The molecule has 0 spiro atoms. The van der Waals surface area contributed by atoms with Gasteiger partial charge in [-0.15, -0.1) is 0 Å². The Bertz CT molecular complexity index is 390. The fourth-order valence-corrected chi connectivity index (χ4v) is 3.99. The van der Waals surface area contributed by atoms with Crippen LogP contribution in [-0.2, 0) is 0 Å². The summed E-state index contributed by atoms with van der Waals surface area (Å²) in [4.78, 5) is 7.19. The molecule has 3 rings (SSSR count). The van der Waals surface area contributed by atoms with Gasteiger partial charge in [0.05, 0.1) is 0 Å². The highest BCUT2D eigenvalue weighted by molar-refractivity contribution is 5.09. The van der Waals surface area contributed by atoms with Crippen molar-refractivity contribution < 1.29 is 0 Å². The molecule has 0 bridgehead atoms. The summed E-state index contributed by atoms with van der Waals surface area (Å²) in [5.41, 5.74) is 1.24. The Morgan fingerprint density at radius 2 is 2.05 bits per heavy atom. The van der Waals surface area contributed by atoms with Crippen molar-refractivity contribution in [3.63, 3.8) is 0 Å². The molecule has 3 atom stereocenters. The van der Waals surface area contributed by atoms with Crippen molar-refractivity contribution in [1.29, 1.82) is 0 Å². The van der Waals surface area contributed by atoms with Gasteiger partial charge in [-0.05, 0) is 43.4 Å². The normalized spacial score (nSPS) is 29.7. The maximum absolute atomic E-state index is 4.50. The van der Waals surface area contributed by atoms with Gasteiger partial charge in [-0.1, -0.05) is 32.3 Å². The Morgan fingerprint density at radius 3 is 2.84 bits per heavy atom. The number of aromatic nitrogens is 1. The van der Waals surface area contributed by atoms with Crippen LogP contribution in [0.3, 0.4) is 0 Å². The van der Waals surface area contributed by atoms with Crippen LogP contribution < -0.4 is 0 Å². The van der Waals surface area contributed by atoms with E-state index < -0.39 is 0 Å². The summed E-state index contributed by atoms with van der Waals surface area (Å²) in [6.07, 6.45) is 9.25. The van der Waals surface area contributed by atoms with Gasteiger partial charge in [0, 0.05) is 30.9 Å². The first-order valence-corrected chi connectivity index (χ1v) is 7.96. The second-order valence-corrected chi connectivity index (χ2v) is 6.51. The summed E-state index contributed by atoms with van der Waals surface area (Å²) in [6.45, 7) is 6.13. The number of hydrogen-bond donors (Lipinski definition) is 0. The summed E-state index contributed by atoms with van der Waals surface area (Å²) < 4.78 is 0. The van der Waals surface area contributed by atoms with Crippen LogP contribution in [0.2, 0.25) is 0 Å². The predicted molar refractivity (Wildman–Crippen MR) is 79.2 cm³/mol. The van der Waals surface area contributed by atoms with Crippen molar-refractivity contribution in [2.75, 3.05) is 19.6 Å². The van der Waals surface area contributed by atoms with Crippen molar-refractivity contribution >= 4 is 0 Å². The molecule has 2 heteroatoms. The first kappa shape index (κ1) is 13.1. The maximum atomic E-state index is 4.50. The molecule has 1 saturated heterocycles. The molecule has 1 aromatic heterocycles. The molecule has 1 aromatic rings. The van der Waals surface area contributed by atoms with Crippen LogP contribution in [0.1, 0.15) is 50.6 Å². The molecule has 2 heterocycles. The van der Waals surface area contributed by atoms with E-state index in [-0.39, 0.29) is 0 Å². The van der Waals surface area contributed by atoms with Gasteiger partial charge in [0.1, 0.15) is 0 Å². The lowest BCUT2D eigenvalue weighted by Crippen LogP contribution is -2.43. The molecular formula is C17H26N2. The third-order valence-electron chi connectivity index (χ3n) is 5.10. The molecule has 1 saturated carbocycles. The average Bonchev–Trinajstić information content (AvgIpc) is 2.48. The van der Waals surface area contributed by atoms with Crippen molar-refractivity contribution in [3.8, 4) is 0 Å². The first-order chi connectivity index (χ1) is 9.33. The minimum Gasteiger partial charge on any atom is -0.302 e. The second-order valence-electron chi connectivity index (χ2n) is 6.51. The summed E-state index contributed by atoms with van der Waals surface area (Å²) in [6, 6.07) is 6.27. The van der Waals surface area contributed by atoms with E-state index >= 15 is 0 Å². The van der Waals surface area contributed by atoms with Crippen LogP contribution in [0.5, 0.6) is 0 Å². The Balaban J connectivity index is 1.56. The summed E-state index contributed by atoms with van der Waals surface area (Å²) in [5, 5.41) is 0. The van der Waals surface area contributed by atoms with E-state index in [2.05, 4.69) is 28.9 Å². The molecule has 0 aromatic carbocycles. The topological polar surface area (TPSA) is 16.1 Å². The number of rotatable bonds is 3. The number of hydrogen-bond acceptors (Lipinski definition) is 2. The van der Waals surface area contributed by atoms with Crippen molar-refractivity contribution in [3.05, 3.63) is 30.1 Å². The van der Waals surface area contributed by atoms with Crippen molar-refractivity contribution in [1.82, 2.24) is 9.88 Å². The fraction of sp³-hybridized carbons (Fsp3) is 0.706. The zero-order valence-corrected chi connectivity index (χ0v) is 12.1. The van der Waals surface area contributed by atoms with Crippen molar-refractivity contribution in [2.24, 2.45) is 11.8 Å². The molecule has 104 valence electrons. The highest BCUT2D eigenvalue weighted by atomic mass is 15.1. The van der Waals surface area contributed by atoms with Gasteiger partial charge in [-0.25, -0.2) is 0 Å². The molecule has 2 aliphatic rings. The van der Waals surface area contributed by atoms with Crippen LogP contribution in [0.4, 0.5) is 0 Å². The smallest absolute Gasteiger partial charge is 0.0444 e. The first-order valence-electron chi connectivity index (χ1n) is 7.96. The number of likely N-dealkylation sites (tertiary alicyclic amines) is 1. The highest BCUT2D eigenvalue weighted by Gasteiger charge is 2.31. The quantitative estimate of drug-likeness (QED) is 0.822. The van der Waals surface area contributed by atoms with Gasteiger partial charge < -0.3 is 4.90 Å². The van der Waals surface area contributed by atoms with E-state index in [1.54, 1.807) is 0 Å². The molecule has 2 nitrogen and oxygen atoms in total. The summed E-state index contributed by atoms with van der Waals surface area (Å²) in [5.74, 6) is 2.58. The zero-order valence-electron chi connectivity index (χ0n) is 12.1. The van der Waals surface area contributed by atoms with Gasteiger partial charge >= 0.3 is 0 Å². The lowest BCUT2D eigenvalue weighted by Gasteiger charge is -2.42. The summed E-state index contributed by atoms with van der Waals surface area (Å²) in [7, 11) is 0. The van der Waals surface area contributed by atoms with E-state index in [0.717, 1.165) is 11.8 Å². The minimum atomic E-state index is 0.557. The van der Waals surface area contributed by atoms with E-state index in [4.69, 9.17) is 0 Å². The van der Waals surface area contributed by atoms with Crippen molar-refractivity contribution in [2.45, 2.75) is 44.9 Å². The molecule has 3 unspecified atom stereocenters. The molecule has 0 radical (unpaired) electrons. The molecule has 19 heavy (non-hydrogen) atoms. The lowest BCUT2D eigenvalue weighted by atomic mass is 9.75. The van der Waals surface area contributed by atoms with Crippen LogP contribution >= 0.6 is 0 Å². The van der Waals surface area contributed by atoms with E-state index in [0.29, 0.717) is 5.92 Å². The Hall–Kier alpha value is -0.890. The molecule has 1 aliphatic carbocycles. The Labute approximate surface area is 117 Å². The predicted octanol–water partition coefficient (Wildman–Crippen LogP) is 3.70. The molecule has 2 fully saturated rings. The SMILES string of the molecule is CC(CN1CCC2CCCCC2C1)c1ccccn1. The van der Waals surface area contributed by atoms with Gasteiger partial charge in [-0.2, -0.15) is 0 Å². The number of fused-ring (bicyclic) bond motifs is 1. The highest BCUT2D eigenvalue weighted by Crippen LogP contribution is 2.36.